The first-order valence-corrected chi connectivity index (χ1v) is 8.94. The van der Waals surface area contributed by atoms with Crippen LogP contribution < -0.4 is 11.1 Å². The fourth-order valence-corrected chi connectivity index (χ4v) is 4.29. The van der Waals surface area contributed by atoms with Gasteiger partial charge in [0.15, 0.2) is 5.13 Å². The number of thiazole rings is 2. The molecule has 2 aromatic rings. The lowest BCUT2D eigenvalue weighted by Crippen LogP contribution is -2.25. The molecule has 0 unspecified atom stereocenters. The minimum absolute atomic E-state index is 0.0657. The minimum Gasteiger partial charge on any atom is -0.330 e. The van der Waals surface area contributed by atoms with Gasteiger partial charge in [0.1, 0.15) is 0 Å². The first-order chi connectivity index (χ1) is 10.6. The monoisotopic (exact) mass is 337 g/mol. The largest absolute Gasteiger partial charge is 0.330 e. The van der Waals surface area contributed by atoms with Crippen LogP contribution in [0.5, 0.6) is 0 Å². The van der Waals surface area contributed by atoms with E-state index < -0.39 is 0 Å². The quantitative estimate of drug-likeness (QED) is 0.858. The van der Waals surface area contributed by atoms with Crippen LogP contribution in [0.4, 0.5) is 5.13 Å². The number of nitrogens with two attached hydrogens (primary N) is 1. The van der Waals surface area contributed by atoms with Gasteiger partial charge in [0.2, 0.25) is 5.91 Å². The SMILES string of the molecule is CN1CCc2nc(NC(=O)Cc3csc(CCN)n3)sc2C1. The van der Waals surface area contributed by atoms with Crippen LogP contribution in [0.1, 0.15) is 21.3 Å². The van der Waals surface area contributed by atoms with Gasteiger partial charge in [-0.3, -0.25) is 4.79 Å². The number of rotatable bonds is 5. The Morgan fingerprint density at radius 1 is 1.50 bits per heavy atom. The number of hydrogen-bond donors (Lipinski definition) is 2. The molecule has 3 heterocycles. The highest BCUT2D eigenvalue weighted by Gasteiger charge is 2.19. The molecule has 0 atom stereocenters. The van der Waals surface area contributed by atoms with Crippen molar-refractivity contribution in [3.8, 4) is 0 Å². The summed E-state index contributed by atoms with van der Waals surface area (Å²) in [5.74, 6) is -0.0657. The second-order valence-corrected chi connectivity index (χ2v) is 7.40. The van der Waals surface area contributed by atoms with Crippen LogP contribution in [0.3, 0.4) is 0 Å². The van der Waals surface area contributed by atoms with Crippen molar-refractivity contribution in [3.63, 3.8) is 0 Å². The highest BCUT2D eigenvalue weighted by atomic mass is 32.1. The van der Waals surface area contributed by atoms with E-state index in [9.17, 15) is 4.79 Å². The van der Waals surface area contributed by atoms with E-state index in [1.165, 1.54) is 4.88 Å². The molecule has 118 valence electrons. The summed E-state index contributed by atoms with van der Waals surface area (Å²) in [6.45, 7) is 2.52. The Morgan fingerprint density at radius 2 is 2.36 bits per heavy atom. The average Bonchev–Trinajstić information content (AvgIpc) is 3.05. The van der Waals surface area contributed by atoms with Gasteiger partial charge in [-0.2, -0.15) is 0 Å². The number of likely N-dealkylation sites (N-methyl/N-ethyl adjacent to an activating group) is 1. The average molecular weight is 337 g/mol. The highest BCUT2D eigenvalue weighted by molar-refractivity contribution is 7.15. The van der Waals surface area contributed by atoms with Crippen molar-refractivity contribution >= 4 is 33.7 Å². The molecule has 0 saturated heterocycles. The lowest BCUT2D eigenvalue weighted by molar-refractivity contribution is -0.115. The Hall–Kier alpha value is -1.35. The molecule has 0 aromatic carbocycles. The topological polar surface area (TPSA) is 84.1 Å². The summed E-state index contributed by atoms with van der Waals surface area (Å²) in [4.78, 5) is 24.6. The Bertz CT molecular complexity index is 666. The number of carbonyl (C=O) groups excluding carboxylic acids is 1. The number of anilines is 1. The second-order valence-electron chi connectivity index (χ2n) is 5.37. The third-order valence-electron chi connectivity index (χ3n) is 3.47. The van der Waals surface area contributed by atoms with Gasteiger partial charge in [-0.15, -0.1) is 22.7 Å². The molecule has 22 heavy (non-hydrogen) atoms. The summed E-state index contributed by atoms with van der Waals surface area (Å²) in [7, 11) is 2.10. The van der Waals surface area contributed by atoms with Crippen LogP contribution in [0.25, 0.3) is 0 Å². The van der Waals surface area contributed by atoms with Crippen molar-refractivity contribution < 1.29 is 4.79 Å². The Labute approximate surface area is 137 Å². The predicted octanol–water partition coefficient (Wildman–Crippen LogP) is 1.27. The summed E-state index contributed by atoms with van der Waals surface area (Å²) in [6.07, 6.45) is 2.00. The Kier molecular flexibility index (Phi) is 4.82. The van der Waals surface area contributed by atoms with E-state index >= 15 is 0 Å². The molecule has 1 aliphatic rings. The normalized spacial score (nSPS) is 14.8. The zero-order valence-corrected chi connectivity index (χ0v) is 14.1. The van der Waals surface area contributed by atoms with Gasteiger partial charge in [0.05, 0.1) is 22.8 Å². The maximum Gasteiger partial charge on any atom is 0.232 e. The van der Waals surface area contributed by atoms with E-state index in [4.69, 9.17) is 5.73 Å². The molecular formula is C14H19N5OS2. The molecule has 1 aliphatic heterocycles. The summed E-state index contributed by atoms with van der Waals surface area (Å²) in [6, 6.07) is 0. The third kappa shape index (κ3) is 3.70. The highest BCUT2D eigenvalue weighted by Crippen LogP contribution is 2.27. The maximum atomic E-state index is 12.1. The molecule has 6 nitrogen and oxygen atoms in total. The molecule has 2 aromatic heterocycles. The number of carbonyl (C=O) groups is 1. The van der Waals surface area contributed by atoms with Crippen LogP contribution in [-0.4, -0.2) is 40.9 Å². The molecule has 0 aliphatic carbocycles. The molecule has 3 N–H and O–H groups in total. The smallest absolute Gasteiger partial charge is 0.232 e. The van der Waals surface area contributed by atoms with Crippen LogP contribution in [-0.2, 0) is 30.6 Å². The van der Waals surface area contributed by atoms with Crippen molar-refractivity contribution in [1.29, 1.82) is 0 Å². The van der Waals surface area contributed by atoms with Crippen molar-refractivity contribution in [1.82, 2.24) is 14.9 Å². The molecule has 3 rings (SSSR count). The van der Waals surface area contributed by atoms with Crippen molar-refractivity contribution in [2.45, 2.75) is 25.8 Å². The van der Waals surface area contributed by atoms with Crippen LogP contribution in [0.2, 0.25) is 0 Å². The van der Waals surface area contributed by atoms with Gasteiger partial charge in [-0.25, -0.2) is 9.97 Å². The lowest BCUT2D eigenvalue weighted by atomic mass is 10.2. The summed E-state index contributed by atoms with van der Waals surface area (Å²) < 4.78 is 0. The van der Waals surface area contributed by atoms with E-state index in [0.717, 1.165) is 42.3 Å². The second kappa shape index (κ2) is 6.82. The minimum atomic E-state index is -0.0657. The van der Waals surface area contributed by atoms with Gasteiger partial charge in [-0.05, 0) is 13.6 Å². The first-order valence-electron chi connectivity index (χ1n) is 7.24. The number of nitrogens with one attached hydrogen (secondary N) is 1. The molecule has 1 amide bonds. The van der Waals surface area contributed by atoms with Gasteiger partial charge in [0.25, 0.3) is 0 Å². The summed E-state index contributed by atoms with van der Waals surface area (Å²) in [5, 5.41) is 6.50. The maximum absolute atomic E-state index is 12.1. The number of fused-ring (bicyclic) bond motifs is 1. The van der Waals surface area contributed by atoms with Gasteiger partial charge in [-0.1, -0.05) is 0 Å². The molecule has 0 spiro atoms. The summed E-state index contributed by atoms with van der Waals surface area (Å²) in [5.41, 5.74) is 7.43. The molecule has 8 heteroatoms. The molecule has 0 bridgehead atoms. The summed E-state index contributed by atoms with van der Waals surface area (Å²) >= 11 is 3.13. The van der Waals surface area contributed by atoms with Crippen LogP contribution in [0, 0.1) is 0 Å². The van der Waals surface area contributed by atoms with Gasteiger partial charge in [0, 0.05) is 36.2 Å². The van der Waals surface area contributed by atoms with Crippen LogP contribution >= 0.6 is 22.7 Å². The predicted molar refractivity (Wildman–Crippen MR) is 89.4 cm³/mol. The number of amides is 1. The Balaban J connectivity index is 1.59. The zero-order chi connectivity index (χ0) is 15.5. The number of hydrogen-bond acceptors (Lipinski definition) is 7. The fraction of sp³-hybridized carbons (Fsp3) is 0.500. The van der Waals surface area contributed by atoms with Crippen molar-refractivity contribution in [2.24, 2.45) is 5.73 Å². The Morgan fingerprint density at radius 3 is 3.18 bits per heavy atom. The molecule has 0 saturated carbocycles. The lowest BCUT2D eigenvalue weighted by Gasteiger charge is -2.20. The van der Waals surface area contributed by atoms with Gasteiger partial charge < -0.3 is 16.0 Å². The van der Waals surface area contributed by atoms with E-state index in [1.54, 1.807) is 22.7 Å². The first kappa shape index (κ1) is 15.5. The molecule has 0 fully saturated rings. The molecular weight excluding hydrogens is 318 g/mol. The van der Waals surface area contributed by atoms with E-state index in [0.29, 0.717) is 11.7 Å². The third-order valence-corrected chi connectivity index (χ3v) is 5.42. The van der Waals surface area contributed by atoms with E-state index in [-0.39, 0.29) is 12.3 Å². The van der Waals surface area contributed by atoms with E-state index in [1.807, 2.05) is 5.38 Å². The van der Waals surface area contributed by atoms with Gasteiger partial charge >= 0.3 is 0 Å². The van der Waals surface area contributed by atoms with Crippen molar-refractivity contribution in [3.05, 3.63) is 26.7 Å². The fourth-order valence-electron chi connectivity index (χ4n) is 2.37. The van der Waals surface area contributed by atoms with Crippen molar-refractivity contribution in [2.75, 3.05) is 25.5 Å². The zero-order valence-electron chi connectivity index (χ0n) is 12.5. The number of aromatic nitrogens is 2. The standard InChI is InChI=1S/C14H19N5OS2/c1-19-5-3-10-11(7-19)22-14(17-10)18-12(20)6-9-8-21-13(16-9)2-4-15/h8H,2-7,15H2,1H3,(H,17,18,20). The number of nitrogens with zero attached hydrogens (tertiary/aromatic N) is 3. The van der Waals surface area contributed by atoms with Crippen LogP contribution in [0.15, 0.2) is 5.38 Å². The van der Waals surface area contributed by atoms with E-state index in [2.05, 4.69) is 27.2 Å². The molecule has 0 radical (unpaired) electrons.